The molecule has 1 saturated heterocycles. The van der Waals surface area contributed by atoms with Crippen LogP contribution < -0.4 is 10.6 Å². The SMILES string of the molecule is CNC(=O)[C@H](CN1CCC(c2ccccc2)C1)NC(=O)OC(C)(C)C. The van der Waals surface area contributed by atoms with Gasteiger partial charge < -0.3 is 20.3 Å². The number of ether oxygens (including phenoxy) is 1. The van der Waals surface area contributed by atoms with E-state index in [1.807, 2.05) is 6.07 Å². The van der Waals surface area contributed by atoms with Crippen LogP contribution in [0, 0.1) is 0 Å². The molecule has 1 aromatic rings. The van der Waals surface area contributed by atoms with Crippen LogP contribution in [0.25, 0.3) is 0 Å². The maximum atomic E-state index is 12.1. The van der Waals surface area contributed by atoms with Crippen LogP contribution in [0.5, 0.6) is 0 Å². The van der Waals surface area contributed by atoms with Gasteiger partial charge in [-0.3, -0.25) is 4.79 Å². The zero-order valence-corrected chi connectivity index (χ0v) is 15.5. The molecule has 2 rings (SSSR count). The molecule has 25 heavy (non-hydrogen) atoms. The smallest absolute Gasteiger partial charge is 0.408 e. The lowest BCUT2D eigenvalue weighted by atomic mass is 9.99. The molecular weight excluding hydrogens is 318 g/mol. The van der Waals surface area contributed by atoms with Gasteiger partial charge in [-0.15, -0.1) is 0 Å². The quantitative estimate of drug-likeness (QED) is 0.856. The van der Waals surface area contributed by atoms with Gasteiger partial charge in [-0.25, -0.2) is 4.79 Å². The van der Waals surface area contributed by atoms with Gasteiger partial charge in [0.05, 0.1) is 0 Å². The summed E-state index contributed by atoms with van der Waals surface area (Å²) in [5.74, 6) is 0.252. The Morgan fingerprint density at radius 1 is 1.28 bits per heavy atom. The number of hydrogen-bond donors (Lipinski definition) is 2. The largest absolute Gasteiger partial charge is 0.444 e. The summed E-state index contributed by atoms with van der Waals surface area (Å²) in [6.45, 7) is 7.66. The van der Waals surface area contributed by atoms with Gasteiger partial charge in [-0.05, 0) is 45.2 Å². The van der Waals surface area contributed by atoms with E-state index >= 15 is 0 Å². The maximum absolute atomic E-state index is 12.1. The number of amides is 2. The highest BCUT2D eigenvalue weighted by molar-refractivity contribution is 5.85. The topological polar surface area (TPSA) is 70.7 Å². The molecule has 1 heterocycles. The van der Waals surface area contributed by atoms with Crippen molar-refractivity contribution in [2.24, 2.45) is 0 Å². The minimum absolute atomic E-state index is 0.214. The Morgan fingerprint density at radius 3 is 2.56 bits per heavy atom. The summed E-state index contributed by atoms with van der Waals surface area (Å²) in [6, 6.07) is 9.77. The molecule has 0 spiro atoms. The van der Waals surface area contributed by atoms with Gasteiger partial charge in [0.15, 0.2) is 0 Å². The van der Waals surface area contributed by atoms with Crippen LogP contribution >= 0.6 is 0 Å². The average molecular weight is 347 g/mol. The van der Waals surface area contributed by atoms with E-state index in [2.05, 4.69) is 39.8 Å². The number of likely N-dealkylation sites (N-methyl/N-ethyl adjacent to an activating group) is 1. The zero-order chi connectivity index (χ0) is 18.4. The van der Waals surface area contributed by atoms with E-state index in [0.29, 0.717) is 12.5 Å². The van der Waals surface area contributed by atoms with Gasteiger partial charge in [0, 0.05) is 20.1 Å². The van der Waals surface area contributed by atoms with Crippen LogP contribution in [0.1, 0.15) is 38.7 Å². The molecule has 1 aromatic carbocycles. The summed E-state index contributed by atoms with van der Waals surface area (Å²) < 4.78 is 5.27. The molecule has 1 unspecified atom stereocenters. The fourth-order valence-electron chi connectivity index (χ4n) is 3.07. The molecule has 6 heteroatoms. The van der Waals surface area contributed by atoms with Crippen molar-refractivity contribution in [2.45, 2.75) is 44.8 Å². The van der Waals surface area contributed by atoms with Crippen molar-refractivity contribution in [1.29, 1.82) is 0 Å². The zero-order valence-electron chi connectivity index (χ0n) is 15.5. The number of hydrogen-bond acceptors (Lipinski definition) is 4. The minimum atomic E-state index is -0.630. The summed E-state index contributed by atoms with van der Waals surface area (Å²) in [5.41, 5.74) is 0.727. The summed E-state index contributed by atoms with van der Waals surface area (Å²) in [5, 5.41) is 5.31. The van der Waals surface area contributed by atoms with Crippen molar-refractivity contribution in [3.8, 4) is 0 Å². The Morgan fingerprint density at radius 2 is 1.96 bits per heavy atom. The highest BCUT2D eigenvalue weighted by atomic mass is 16.6. The van der Waals surface area contributed by atoms with E-state index in [9.17, 15) is 9.59 Å². The summed E-state index contributed by atoms with van der Waals surface area (Å²) >= 11 is 0. The molecule has 0 aromatic heterocycles. The molecule has 0 saturated carbocycles. The fourth-order valence-corrected chi connectivity index (χ4v) is 3.07. The summed E-state index contributed by atoms with van der Waals surface area (Å²) in [7, 11) is 1.57. The molecule has 1 aliphatic rings. The standard InChI is InChI=1S/C19H29N3O3/c1-19(2,3)25-18(24)21-16(17(23)20-4)13-22-11-10-15(12-22)14-8-6-5-7-9-14/h5-9,15-16H,10-13H2,1-4H3,(H,20,23)(H,21,24)/t15?,16-/m0/s1. The molecule has 1 fully saturated rings. The first-order chi connectivity index (χ1) is 11.8. The van der Waals surface area contributed by atoms with Crippen LogP contribution in [-0.2, 0) is 9.53 Å². The number of carbonyl (C=O) groups is 2. The second kappa shape index (κ2) is 8.34. The summed E-state index contributed by atoms with van der Waals surface area (Å²) in [6.07, 6.45) is 0.483. The van der Waals surface area contributed by atoms with Crippen LogP contribution in [0.15, 0.2) is 30.3 Å². The molecule has 0 aliphatic carbocycles. The Bertz CT molecular complexity index is 583. The fraction of sp³-hybridized carbons (Fsp3) is 0.579. The maximum Gasteiger partial charge on any atom is 0.408 e. The van der Waals surface area contributed by atoms with Gasteiger partial charge >= 0.3 is 6.09 Å². The van der Waals surface area contributed by atoms with Crippen molar-refractivity contribution in [3.63, 3.8) is 0 Å². The highest BCUT2D eigenvalue weighted by Crippen LogP contribution is 2.26. The molecule has 0 radical (unpaired) electrons. The third-order valence-electron chi connectivity index (χ3n) is 4.24. The number of carbonyl (C=O) groups excluding carboxylic acids is 2. The van der Waals surface area contributed by atoms with Gasteiger partial charge in [-0.2, -0.15) is 0 Å². The Labute approximate surface area is 149 Å². The van der Waals surface area contributed by atoms with Crippen molar-refractivity contribution >= 4 is 12.0 Å². The average Bonchev–Trinajstić information content (AvgIpc) is 3.01. The highest BCUT2D eigenvalue weighted by Gasteiger charge is 2.30. The third-order valence-corrected chi connectivity index (χ3v) is 4.24. The normalized spacial score (nSPS) is 19.3. The predicted molar refractivity (Wildman–Crippen MR) is 97.5 cm³/mol. The number of rotatable bonds is 5. The minimum Gasteiger partial charge on any atom is -0.444 e. The van der Waals surface area contributed by atoms with E-state index < -0.39 is 17.7 Å². The van der Waals surface area contributed by atoms with Crippen LogP contribution in [0.4, 0.5) is 4.79 Å². The Hall–Kier alpha value is -2.08. The lowest BCUT2D eigenvalue weighted by Crippen LogP contribution is -2.52. The number of nitrogens with zero attached hydrogens (tertiary/aromatic N) is 1. The number of benzene rings is 1. The van der Waals surface area contributed by atoms with Crippen molar-refractivity contribution < 1.29 is 14.3 Å². The lowest BCUT2D eigenvalue weighted by Gasteiger charge is -2.26. The molecule has 2 N–H and O–H groups in total. The van der Waals surface area contributed by atoms with E-state index in [-0.39, 0.29) is 5.91 Å². The molecule has 6 nitrogen and oxygen atoms in total. The second-order valence-electron chi connectivity index (χ2n) is 7.47. The predicted octanol–water partition coefficient (Wildman–Crippen LogP) is 2.12. The van der Waals surface area contributed by atoms with E-state index in [1.165, 1.54) is 5.56 Å². The van der Waals surface area contributed by atoms with E-state index in [1.54, 1.807) is 27.8 Å². The van der Waals surface area contributed by atoms with Crippen LogP contribution in [0.3, 0.4) is 0 Å². The van der Waals surface area contributed by atoms with E-state index in [0.717, 1.165) is 19.5 Å². The first kappa shape index (κ1) is 19.2. The van der Waals surface area contributed by atoms with Crippen LogP contribution in [-0.4, -0.2) is 55.2 Å². The molecule has 138 valence electrons. The molecule has 2 amide bonds. The van der Waals surface area contributed by atoms with Crippen molar-refractivity contribution in [2.75, 3.05) is 26.7 Å². The van der Waals surface area contributed by atoms with Crippen molar-refractivity contribution in [1.82, 2.24) is 15.5 Å². The molecule has 1 aliphatic heterocycles. The van der Waals surface area contributed by atoms with Gasteiger partial charge in [0.1, 0.15) is 11.6 Å². The van der Waals surface area contributed by atoms with Gasteiger partial charge in [0.25, 0.3) is 0 Å². The van der Waals surface area contributed by atoms with E-state index in [4.69, 9.17) is 4.74 Å². The second-order valence-corrected chi connectivity index (χ2v) is 7.47. The Kier molecular flexibility index (Phi) is 6.42. The number of alkyl carbamates (subject to hydrolysis) is 1. The molecule has 0 bridgehead atoms. The monoisotopic (exact) mass is 347 g/mol. The number of nitrogens with one attached hydrogen (secondary N) is 2. The first-order valence-electron chi connectivity index (χ1n) is 8.77. The van der Waals surface area contributed by atoms with Gasteiger partial charge in [-0.1, -0.05) is 30.3 Å². The summed E-state index contributed by atoms with van der Waals surface area (Å²) in [4.78, 5) is 26.4. The molecule has 2 atom stereocenters. The van der Waals surface area contributed by atoms with Crippen LogP contribution in [0.2, 0.25) is 0 Å². The third kappa shape index (κ3) is 6.05. The van der Waals surface area contributed by atoms with Gasteiger partial charge in [0.2, 0.25) is 5.91 Å². The number of likely N-dealkylation sites (tertiary alicyclic amines) is 1. The lowest BCUT2D eigenvalue weighted by molar-refractivity contribution is -0.123. The van der Waals surface area contributed by atoms with Crippen molar-refractivity contribution in [3.05, 3.63) is 35.9 Å². The molecular formula is C19H29N3O3. The Balaban J connectivity index is 1.94. The first-order valence-corrected chi connectivity index (χ1v) is 8.77.